The number of benzene rings is 2. The zero-order valence-electron chi connectivity index (χ0n) is 16.9. The van der Waals surface area contributed by atoms with Crippen LogP contribution < -0.4 is 14.8 Å². The van der Waals surface area contributed by atoms with Crippen molar-refractivity contribution < 1.29 is 13.9 Å². The summed E-state index contributed by atoms with van der Waals surface area (Å²) in [6.45, 7) is 2.92. The summed E-state index contributed by atoms with van der Waals surface area (Å²) in [5, 5.41) is 3.41. The van der Waals surface area contributed by atoms with Crippen molar-refractivity contribution in [3.8, 4) is 17.4 Å². The molecule has 2 heterocycles. The second kappa shape index (κ2) is 9.54. The Balaban J connectivity index is 1.29. The third-order valence-corrected chi connectivity index (χ3v) is 5.13. The molecule has 0 bridgehead atoms. The van der Waals surface area contributed by atoms with Gasteiger partial charge in [0.05, 0.1) is 7.11 Å². The van der Waals surface area contributed by atoms with E-state index in [1.165, 1.54) is 17.7 Å². The Bertz CT molecular complexity index is 959. The van der Waals surface area contributed by atoms with Crippen LogP contribution in [-0.4, -0.2) is 41.1 Å². The first kappa shape index (κ1) is 20.1. The molecule has 1 fully saturated rings. The van der Waals surface area contributed by atoms with Crippen molar-refractivity contribution in [1.82, 2.24) is 14.9 Å². The van der Waals surface area contributed by atoms with E-state index in [1.807, 2.05) is 12.1 Å². The highest BCUT2D eigenvalue weighted by molar-refractivity contribution is 5.32. The second-order valence-corrected chi connectivity index (χ2v) is 7.32. The number of nitrogens with zero attached hydrogens (tertiary/aromatic N) is 3. The van der Waals surface area contributed by atoms with Gasteiger partial charge in [-0.15, -0.1) is 0 Å². The number of rotatable bonds is 7. The van der Waals surface area contributed by atoms with Gasteiger partial charge in [-0.25, -0.2) is 9.37 Å². The Labute approximate surface area is 175 Å². The lowest BCUT2D eigenvalue weighted by Gasteiger charge is -2.32. The fraction of sp³-hybridized carbons (Fsp3) is 0.304. The molecule has 1 saturated heterocycles. The van der Waals surface area contributed by atoms with Gasteiger partial charge in [-0.1, -0.05) is 12.1 Å². The molecule has 0 aliphatic carbocycles. The van der Waals surface area contributed by atoms with Gasteiger partial charge in [0.2, 0.25) is 11.8 Å². The van der Waals surface area contributed by atoms with Crippen LogP contribution in [0.4, 0.5) is 10.3 Å². The van der Waals surface area contributed by atoms with E-state index in [-0.39, 0.29) is 5.82 Å². The van der Waals surface area contributed by atoms with Crippen LogP contribution in [0.15, 0.2) is 60.8 Å². The van der Waals surface area contributed by atoms with Gasteiger partial charge in [0, 0.05) is 37.9 Å². The molecule has 0 saturated carbocycles. The van der Waals surface area contributed by atoms with E-state index in [9.17, 15) is 4.39 Å². The van der Waals surface area contributed by atoms with E-state index in [0.717, 1.165) is 38.2 Å². The van der Waals surface area contributed by atoms with Crippen molar-refractivity contribution in [2.75, 3.05) is 25.5 Å². The molecule has 156 valence electrons. The molecule has 6 nitrogen and oxygen atoms in total. The van der Waals surface area contributed by atoms with E-state index in [0.29, 0.717) is 23.6 Å². The highest BCUT2D eigenvalue weighted by Gasteiger charge is 2.20. The summed E-state index contributed by atoms with van der Waals surface area (Å²) in [5.74, 6) is 2.09. The van der Waals surface area contributed by atoms with Gasteiger partial charge in [0.15, 0.2) is 0 Å². The molecule has 1 aliphatic rings. The molecular formula is C23H25FN4O2. The zero-order chi connectivity index (χ0) is 20.8. The van der Waals surface area contributed by atoms with Crippen LogP contribution in [0.2, 0.25) is 0 Å². The highest BCUT2D eigenvalue weighted by Crippen LogP contribution is 2.22. The summed E-state index contributed by atoms with van der Waals surface area (Å²) in [6, 6.07) is 16.1. The normalized spacial score (nSPS) is 15.0. The van der Waals surface area contributed by atoms with Gasteiger partial charge in [-0.2, -0.15) is 4.98 Å². The number of halogens is 1. The number of hydrogen-bond donors (Lipinski definition) is 1. The number of likely N-dealkylation sites (tertiary alicyclic amines) is 1. The lowest BCUT2D eigenvalue weighted by Crippen LogP contribution is -2.38. The molecular weight excluding hydrogens is 383 g/mol. The lowest BCUT2D eigenvalue weighted by molar-refractivity contribution is 0.211. The maximum absolute atomic E-state index is 13.0. The third-order valence-electron chi connectivity index (χ3n) is 5.13. The van der Waals surface area contributed by atoms with Crippen molar-refractivity contribution >= 4 is 5.95 Å². The van der Waals surface area contributed by atoms with Gasteiger partial charge < -0.3 is 14.8 Å². The van der Waals surface area contributed by atoms with Crippen LogP contribution in [0.25, 0.3) is 0 Å². The Morgan fingerprint density at radius 3 is 2.63 bits per heavy atom. The first-order chi connectivity index (χ1) is 14.7. The number of hydrogen-bond acceptors (Lipinski definition) is 6. The minimum Gasteiger partial charge on any atom is -0.497 e. The highest BCUT2D eigenvalue weighted by atomic mass is 19.1. The average Bonchev–Trinajstić information content (AvgIpc) is 2.77. The number of piperidine rings is 1. The van der Waals surface area contributed by atoms with E-state index in [1.54, 1.807) is 31.5 Å². The third kappa shape index (κ3) is 5.45. The summed E-state index contributed by atoms with van der Waals surface area (Å²) < 4.78 is 24.0. The second-order valence-electron chi connectivity index (χ2n) is 7.32. The molecule has 0 radical (unpaired) electrons. The Hall–Kier alpha value is -3.19. The van der Waals surface area contributed by atoms with Crippen LogP contribution in [0.1, 0.15) is 18.4 Å². The molecule has 1 aromatic heterocycles. The van der Waals surface area contributed by atoms with E-state index in [4.69, 9.17) is 9.47 Å². The van der Waals surface area contributed by atoms with Crippen molar-refractivity contribution in [1.29, 1.82) is 0 Å². The quantitative estimate of drug-likeness (QED) is 0.622. The summed E-state index contributed by atoms with van der Waals surface area (Å²) in [7, 11) is 1.69. The first-order valence-corrected chi connectivity index (χ1v) is 10.1. The summed E-state index contributed by atoms with van der Waals surface area (Å²) in [4.78, 5) is 11.2. The Morgan fingerprint density at radius 2 is 1.87 bits per heavy atom. The number of anilines is 1. The largest absolute Gasteiger partial charge is 0.497 e. The molecule has 7 heteroatoms. The molecule has 3 aromatic rings. The molecule has 4 rings (SSSR count). The van der Waals surface area contributed by atoms with Crippen LogP contribution in [0.5, 0.6) is 17.4 Å². The topological polar surface area (TPSA) is 59.5 Å². The molecule has 0 spiro atoms. The number of aromatic nitrogens is 2. The predicted octanol–water partition coefficient (Wildman–Crippen LogP) is 4.49. The lowest BCUT2D eigenvalue weighted by atomic mass is 10.0. The van der Waals surface area contributed by atoms with E-state index >= 15 is 0 Å². The number of ether oxygens (including phenoxy) is 2. The molecule has 1 N–H and O–H groups in total. The minimum atomic E-state index is -0.301. The fourth-order valence-corrected chi connectivity index (χ4v) is 3.54. The monoisotopic (exact) mass is 408 g/mol. The van der Waals surface area contributed by atoms with Crippen molar-refractivity contribution in [3.05, 3.63) is 72.2 Å². The molecule has 1 aliphatic heterocycles. The van der Waals surface area contributed by atoms with Gasteiger partial charge in [0.25, 0.3) is 0 Å². The predicted molar refractivity (Wildman–Crippen MR) is 113 cm³/mol. The van der Waals surface area contributed by atoms with Crippen molar-refractivity contribution in [2.45, 2.75) is 25.4 Å². The number of methoxy groups -OCH3 is 1. The molecule has 2 aromatic carbocycles. The Kier molecular flexibility index (Phi) is 6.39. The smallest absolute Gasteiger partial charge is 0.226 e. The van der Waals surface area contributed by atoms with Crippen molar-refractivity contribution in [3.63, 3.8) is 0 Å². The minimum absolute atomic E-state index is 0.301. The van der Waals surface area contributed by atoms with E-state index in [2.05, 4.69) is 32.3 Å². The van der Waals surface area contributed by atoms with Gasteiger partial charge in [-0.3, -0.25) is 4.90 Å². The number of nitrogens with one attached hydrogen (secondary N) is 1. The maximum Gasteiger partial charge on any atom is 0.226 e. The maximum atomic E-state index is 13.0. The van der Waals surface area contributed by atoms with Crippen LogP contribution in [0.3, 0.4) is 0 Å². The summed E-state index contributed by atoms with van der Waals surface area (Å²) in [6.07, 6.45) is 3.68. The van der Waals surface area contributed by atoms with Gasteiger partial charge >= 0.3 is 0 Å². The first-order valence-electron chi connectivity index (χ1n) is 10.1. The van der Waals surface area contributed by atoms with Crippen molar-refractivity contribution in [2.24, 2.45) is 0 Å². The van der Waals surface area contributed by atoms with Crippen LogP contribution in [0, 0.1) is 5.82 Å². The van der Waals surface area contributed by atoms with Gasteiger partial charge in [0.1, 0.15) is 17.3 Å². The van der Waals surface area contributed by atoms with Gasteiger partial charge in [-0.05, 0) is 54.8 Å². The zero-order valence-corrected chi connectivity index (χ0v) is 16.9. The van der Waals surface area contributed by atoms with Crippen LogP contribution in [-0.2, 0) is 6.54 Å². The molecule has 0 amide bonds. The fourth-order valence-electron chi connectivity index (χ4n) is 3.54. The average molecular weight is 408 g/mol. The molecule has 0 atom stereocenters. The SMILES string of the molecule is COc1cccc(CN2CCC(Nc3nccc(Oc4ccc(F)cc4)n3)CC2)c1. The summed E-state index contributed by atoms with van der Waals surface area (Å²) in [5.41, 5.74) is 1.26. The van der Waals surface area contributed by atoms with E-state index < -0.39 is 0 Å². The standard InChI is InChI=1S/C23H25FN4O2/c1-29-21-4-2-3-17(15-21)16-28-13-10-19(11-14-28)26-23-25-12-9-22(27-23)30-20-7-5-18(24)6-8-20/h2-9,12,15,19H,10-11,13-14,16H2,1H3,(H,25,26,27). The van der Waals surface area contributed by atoms with Crippen LogP contribution >= 0.6 is 0 Å². The molecule has 30 heavy (non-hydrogen) atoms. The molecule has 0 unspecified atom stereocenters. The Morgan fingerprint density at radius 1 is 1.07 bits per heavy atom. The summed E-state index contributed by atoms with van der Waals surface area (Å²) >= 11 is 0.